The molecule has 17 heteroatoms. The lowest BCUT2D eigenvalue weighted by Gasteiger charge is -2.38. The minimum Gasteiger partial charge on any atom is -0.326 e. The lowest BCUT2D eigenvalue weighted by Crippen LogP contribution is -2.56. The zero-order valence-corrected chi connectivity index (χ0v) is 26.0. The van der Waals surface area contributed by atoms with Crippen molar-refractivity contribution in [2.45, 2.75) is 69.2 Å². The molecule has 45 heavy (non-hydrogen) atoms. The molecule has 3 saturated heterocycles. The van der Waals surface area contributed by atoms with E-state index < -0.39 is 65.5 Å². The summed E-state index contributed by atoms with van der Waals surface area (Å²) >= 11 is 7.80. The second kappa shape index (κ2) is 11.1. The van der Waals surface area contributed by atoms with Crippen molar-refractivity contribution in [3.8, 4) is 0 Å². The molecule has 1 aromatic carbocycles. The minimum absolute atomic E-state index is 0.0591. The molecule has 4 aliphatic heterocycles. The van der Waals surface area contributed by atoms with Gasteiger partial charge in [0, 0.05) is 83.6 Å². The molecular weight excluding hydrogens is 661 g/mol. The molecule has 5 atom stereocenters. The van der Waals surface area contributed by atoms with Gasteiger partial charge in [0.25, 0.3) is 16.1 Å². The molecule has 0 saturated carbocycles. The average molecular weight is 688 g/mol. The summed E-state index contributed by atoms with van der Waals surface area (Å²) in [4.78, 5) is 11.1. The van der Waals surface area contributed by atoms with Gasteiger partial charge in [0.05, 0.1) is 5.69 Å². The Morgan fingerprint density at radius 3 is 2.67 bits per heavy atom. The molecule has 4 aliphatic rings. The normalized spacial score (nSPS) is 28.2. The van der Waals surface area contributed by atoms with Crippen LogP contribution in [0.25, 0.3) is 5.57 Å². The molecule has 2 bridgehead atoms. The first-order valence-corrected chi connectivity index (χ1v) is 17.0. The number of aromatic nitrogens is 3. The third-order valence-electron chi connectivity index (χ3n) is 8.85. The number of benzene rings is 1. The molecule has 2 aromatic heterocycles. The molecule has 3 aromatic rings. The Hall–Kier alpha value is -2.92. The Bertz CT molecular complexity index is 1800. The Morgan fingerprint density at radius 2 is 2.00 bits per heavy atom. The van der Waals surface area contributed by atoms with E-state index in [0.717, 1.165) is 12.3 Å². The number of halogens is 6. The molecule has 0 spiro atoms. The summed E-state index contributed by atoms with van der Waals surface area (Å²) in [6.45, 7) is -1.02. The van der Waals surface area contributed by atoms with Crippen molar-refractivity contribution in [3.05, 3.63) is 74.8 Å². The summed E-state index contributed by atoms with van der Waals surface area (Å²) in [5.74, 6) is -3.33. The van der Waals surface area contributed by atoms with E-state index in [1.54, 1.807) is 23.4 Å². The summed E-state index contributed by atoms with van der Waals surface area (Å²) in [7, 11) is -4.20. The van der Waals surface area contributed by atoms with E-state index in [2.05, 4.69) is 14.8 Å². The molecule has 240 valence electrons. The summed E-state index contributed by atoms with van der Waals surface area (Å²) in [6, 6.07) is 1.92. The number of nitrogens with zero attached hydrogens (tertiary/aromatic N) is 6. The first-order valence-electron chi connectivity index (χ1n) is 14.3. The quantitative estimate of drug-likeness (QED) is 0.314. The first-order chi connectivity index (χ1) is 21.3. The predicted octanol–water partition coefficient (Wildman–Crippen LogP) is 5.86. The van der Waals surface area contributed by atoms with Gasteiger partial charge in [-0.2, -0.15) is 31.3 Å². The SMILES string of the molecule is C[C@H]1CC2CC(F)(F)CC1N2S(=O)(=O)N[C@H]1CC2=C(c3ccn(C(F)F)n3)[C@H](c3ccc(F)cc3Cl)N=C(c3nccs3)N2C1. The van der Waals surface area contributed by atoms with Gasteiger partial charge in [0.2, 0.25) is 0 Å². The van der Waals surface area contributed by atoms with Gasteiger partial charge < -0.3 is 4.90 Å². The summed E-state index contributed by atoms with van der Waals surface area (Å²) < 4.78 is 102. The van der Waals surface area contributed by atoms with E-state index in [0.29, 0.717) is 38.8 Å². The van der Waals surface area contributed by atoms with Gasteiger partial charge >= 0.3 is 6.55 Å². The van der Waals surface area contributed by atoms with E-state index in [4.69, 9.17) is 16.6 Å². The highest BCUT2D eigenvalue weighted by atomic mass is 35.5. The van der Waals surface area contributed by atoms with Crippen LogP contribution in [0.15, 0.2) is 52.7 Å². The second-order valence-electron chi connectivity index (χ2n) is 11.8. The molecular formula is C28H27ClF5N7O2S2. The van der Waals surface area contributed by atoms with Crippen LogP contribution in [0.1, 0.15) is 61.5 Å². The van der Waals surface area contributed by atoms with Crippen molar-refractivity contribution in [2.75, 3.05) is 6.54 Å². The molecule has 0 aliphatic carbocycles. The van der Waals surface area contributed by atoms with Crippen molar-refractivity contribution >= 4 is 44.6 Å². The van der Waals surface area contributed by atoms with Gasteiger partial charge in [-0.25, -0.2) is 22.8 Å². The van der Waals surface area contributed by atoms with Crippen LogP contribution in [-0.2, 0) is 10.2 Å². The molecule has 6 heterocycles. The van der Waals surface area contributed by atoms with Crippen molar-refractivity contribution in [2.24, 2.45) is 10.9 Å². The maximum atomic E-state index is 14.4. The maximum absolute atomic E-state index is 14.4. The molecule has 0 amide bonds. The second-order valence-corrected chi connectivity index (χ2v) is 14.7. The molecule has 9 nitrogen and oxygen atoms in total. The predicted molar refractivity (Wildman–Crippen MR) is 158 cm³/mol. The molecule has 2 unspecified atom stereocenters. The zero-order chi connectivity index (χ0) is 31.8. The van der Waals surface area contributed by atoms with E-state index in [9.17, 15) is 30.4 Å². The Labute approximate surface area is 264 Å². The maximum Gasteiger partial charge on any atom is 0.333 e. The highest BCUT2D eigenvalue weighted by Gasteiger charge is 2.56. The lowest BCUT2D eigenvalue weighted by atomic mass is 9.92. The monoisotopic (exact) mass is 687 g/mol. The largest absolute Gasteiger partial charge is 0.333 e. The molecule has 3 fully saturated rings. The van der Waals surface area contributed by atoms with Crippen molar-refractivity contribution in [1.82, 2.24) is 28.7 Å². The molecule has 7 rings (SSSR count). The Morgan fingerprint density at radius 1 is 1.20 bits per heavy atom. The van der Waals surface area contributed by atoms with Crippen LogP contribution in [0.4, 0.5) is 22.0 Å². The van der Waals surface area contributed by atoms with Crippen LogP contribution in [0, 0.1) is 11.7 Å². The standard InChI is InChI=1S/C28H27ClF5N7O2S2/c1-14-8-17-11-28(33,34)12-22(14)41(17)45(42,43)38-16-10-21-23(20-4-6-40(37-20)27(31)32)24(18-3-2-15(30)9-19(18)29)36-25(39(21)13-16)26-35-5-7-44-26/h2-7,9,14,16-17,22,24,27,38H,8,10-13H2,1H3/t14-,16-,17?,22?,24-/m0/s1. The number of amidine groups is 1. The number of thiazole rings is 1. The van der Waals surface area contributed by atoms with Gasteiger partial charge in [-0.15, -0.1) is 11.3 Å². The van der Waals surface area contributed by atoms with Gasteiger partial charge in [-0.3, -0.25) is 4.99 Å². The van der Waals surface area contributed by atoms with Crippen LogP contribution in [0.2, 0.25) is 5.02 Å². The highest BCUT2D eigenvalue weighted by molar-refractivity contribution is 7.87. The van der Waals surface area contributed by atoms with E-state index in [1.165, 1.54) is 33.8 Å². The number of aliphatic imine (C=N–C) groups is 1. The topological polar surface area (TPSA) is 95.7 Å². The summed E-state index contributed by atoms with van der Waals surface area (Å²) in [6.07, 6.45) is 2.09. The fourth-order valence-corrected chi connectivity index (χ4v) is 9.89. The van der Waals surface area contributed by atoms with Gasteiger partial charge in [-0.05, 0) is 30.5 Å². The van der Waals surface area contributed by atoms with Crippen LogP contribution >= 0.6 is 22.9 Å². The third kappa shape index (κ3) is 5.47. The van der Waals surface area contributed by atoms with Gasteiger partial charge in [-0.1, -0.05) is 24.6 Å². The summed E-state index contributed by atoms with van der Waals surface area (Å²) in [5, 5.41) is 6.42. The summed E-state index contributed by atoms with van der Waals surface area (Å²) in [5.41, 5.74) is 1.51. The number of alkyl halides is 4. The number of hydrogen-bond acceptors (Lipinski definition) is 7. The van der Waals surface area contributed by atoms with Crippen LogP contribution in [0.3, 0.4) is 0 Å². The Kier molecular flexibility index (Phi) is 7.58. The lowest BCUT2D eigenvalue weighted by molar-refractivity contribution is -0.0656. The smallest absolute Gasteiger partial charge is 0.326 e. The molecule has 0 radical (unpaired) electrons. The molecule has 1 N–H and O–H groups in total. The third-order valence-corrected chi connectivity index (χ3v) is 11.7. The van der Waals surface area contributed by atoms with Crippen molar-refractivity contribution in [1.29, 1.82) is 0 Å². The number of rotatable bonds is 7. The van der Waals surface area contributed by atoms with E-state index in [1.807, 2.05) is 0 Å². The highest BCUT2D eigenvalue weighted by Crippen LogP contribution is 2.49. The van der Waals surface area contributed by atoms with Gasteiger partial charge in [0.1, 0.15) is 11.9 Å². The van der Waals surface area contributed by atoms with Crippen molar-refractivity contribution < 1.29 is 30.4 Å². The number of fused-ring (bicyclic) bond motifs is 3. The average Bonchev–Trinajstić information content (AvgIpc) is 3.74. The number of hydrogen-bond donors (Lipinski definition) is 1. The Balaban J connectivity index is 1.30. The fourth-order valence-electron chi connectivity index (χ4n) is 7.09. The fraction of sp³-hybridized carbons (Fsp3) is 0.464. The van der Waals surface area contributed by atoms with Crippen LogP contribution < -0.4 is 4.72 Å². The van der Waals surface area contributed by atoms with E-state index >= 15 is 0 Å². The zero-order valence-electron chi connectivity index (χ0n) is 23.6. The van der Waals surface area contributed by atoms with Crippen molar-refractivity contribution in [3.63, 3.8) is 0 Å². The first kappa shape index (κ1) is 30.7. The van der Waals surface area contributed by atoms with E-state index in [-0.39, 0.29) is 29.6 Å². The number of piperidine rings is 1. The number of nitrogens with one attached hydrogen (secondary N) is 1. The minimum atomic E-state index is -4.20. The van der Waals surface area contributed by atoms with Crippen LogP contribution in [-0.4, -0.2) is 68.8 Å². The van der Waals surface area contributed by atoms with Crippen LogP contribution in [0.5, 0.6) is 0 Å². The van der Waals surface area contributed by atoms with Gasteiger partial charge in [0.15, 0.2) is 10.8 Å².